The van der Waals surface area contributed by atoms with Gasteiger partial charge in [0.2, 0.25) is 0 Å². The zero-order valence-electron chi connectivity index (χ0n) is 17.1. The van der Waals surface area contributed by atoms with Crippen molar-refractivity contribution in [1.29, 1.82) is 0 Å². The minimum absolute atomic E-state index is 0. The molecule has 2 fully saturated rings. The first kappa shape index (κ1) is 24.9. The molecule has 1 aromatic rings. The summed E-state index contributed by atoms with van der Waals surface area (Å²) >= 11 is 0. The molecule has 0 saturated heterocycles. The van der Waals surface area contributed by atoms with E-state index in [4.69, 9.17) is 9.45 Å². The SMILES string of the molecule is COB(NC(=O)NC1C2CCC(C)(C1O)C2(C)C)c1[c-]cc(C)cc1.[CH-]=O.[W+2]. The number of benzene rings is 1. The molecule has 8 heteroatoms. The molecule has 6 nitrogen and oxygen atoms in total. The van der Waals surface area contributed by atoms with Crippen LogP contribution in [-0.2, 0) is 30.5 Å². The van der Waals surface area contributed by atoms with Crippen LogP contribution in [0.25, 0.3) is 0 Å². The molecule has 0 heterocycles. The Hall–Kier alpha value is -1.17. The molecule has 2 saturated carbocycles. The number of fused-ring (bicyclic) bond motifs is 2. The summed E-state index contributed by atoms with van der Waals surface area (Å²) < 4.78 is 5.40. The molecule has 0 spiro atoms. The Labute approximate surface area is 182 Å². The number of aliphatic hydroxyl groups excluding tert-OH is 1. The minimum atomic E-state index is -0.570. The number of rotatable bonds is 4. The van der Waals surface area contributed by atoms with Gasteiger partial charge in [-0.05, 0) is 24.2 Å². The number of hydrogen-bond donors (Lipinski definition) is 3. The van der Waals surface area contributed by atoms with Gasteiger partial charge in [0.1, 0.15) is 0 Å². The first-order valence-electron chi connectivity index (χ1n) is 9.20. The van der Waals surface area contributed by atoms with E-state index in [-0.39, 0.29) is 49.9 Å². The van der Waals surface area contributed by atoms with Gasteiger partial charge in [0.15, 0.2) is 0 Å². The van der Waals surface area contributed by atoms with E-state index in [1.54, 1.807) is 7.11 Å². The predicted octanol–water partition coefficient (Wildman–Crippen LogP) is 1.35. The van der Waals surface area contributed by atoms with Crippen molar-refractivity contribution in [3.05, 3.63) is 29.8 Å². The third-order valence-corrected chi connectivity index (χ3v) is 6.87. The largest absolute Gasteiger partial charge is 2.00 e. The second kappa shape index (κ2) is 9.55. The Morgan fingerprint density at radius 1 is 1.36 bits per heavy atom. The van der Waals surface area contributed by atoms with Crippen molar-refractivity contribution in [3.63, 3.8) is 0 Å². The number of aliphatic hydroxyl groups is 1. The van der Waals surface area contributed by atoms with Gasteiger partial charge >= 0.3 is 34.1 Å². The summed E-state index contributed by atoms with van der Waals surface area (Å²) in [4.78, 5) is 20.3. The maximum Gasteiger partial charge on any atom is 2.00 e. The number of aryl methyl sites for hydroxylation is 1. The Morgan fingerprint density at radius 2 is 2.00 bits per heavy atom. The molecule has 3 rings (SSSR count). The van der Waals surface area contributed by atoms with Crippen molar-refractivity contribution in [1.82, 2.24) is 10.5 Å². The third-order valence-electron chi connectivity index (χ3n) is 6.87. The molecule has 1 aromatic carbocycles. The Bertz CT molecular complexity index is 673. The number of carbonyl (C=O) groups excluding carboxylic acids is 2. The van der Waals surface area contributed by atoms with Gasteiger partial charge in [-0.1, -0.05) is 27.7 Å². The van der Waals surface area contributed by atoms with Crippen LogP contribution in [0.5, 0.6) is 0 Å². The van der Waals surface area contributed by atoms with Gasteiger partial charge in [-0.3, -0.25) is 11.6 Å². The van der Waals surface area contributed by atoms with Crippen LogP contribution in [0.15, 0.2) is 18.2 Å². The Kier molecular flexibility index (Phi) is 8.49. The summed E-state index contributed by atoms with van der Waals surface area (Å²) in [5.74, 6) is 0.283. The first-order valence-corrected chi connectivity index (χ1v) is 9.20. The second-order valence-corrected chi connectivity index (χ2v) is 8.31. The molecule has 0 aromatic heterocycles. The molecule has 2 amide bonds. The van der Waals surface area contributed by atoms with E-state index in [9.17, 15) is 9.90 Å². The predicted molar refractivity (Wildman–Crippen MR) is 105 cm³/mol. The van der Waals surface area contributed by atoms with Crippen LogP contribution in [0.3, 0.4) is 0 Å². The normalized spacial score (nSPS) is 29.1. The zero-order chi connectivity index (χ0) is 20.4. The number of hydrogen-bond acceptors (Lipinski definition) is 4. The molecule has 3 N–H and O–H groups in total. The van der Waals surface area contributed by atoms with E-state index in [1.807, 2.05) is 25.1 Å². The third kappa shape index (κ3) is 4.22. The summed E-state index contributed by atoms with van der Waals surface area (Å²) in [6.07, 6.45) is 1.51. The smallest absolute Gasteiger partial charge is 0.545 e. The maximum atomic E-state index is 12.5. The van der Waals surface area contributed by atoms with E-state index in [2.05, 4.69) is 44.2 Å². The van der Waals surface area contributed by atoms with Gasteiger partial charge in [-0.15, -0.1) is 5.46 Å². The van der Waals surface area contributed by atoms with Crippen LogP contribution >= 0.6 is 0 Å². The molecule has 2 aliphatic carbocycles. The molecular weight excluding hydrogens is 527 g/mol. The minimum Gasteiger partial charge on any atom is -0.545 e. The van der Waals surface area contributed by atoms with Crippen LogP contribution in [0, 0.1) is 29.7 Å². The molecule has 4 atom stereocenters. The van der Waals surface area contributed by atoms with Crippen LogP contribution in [0.4, 0.5) is 4.79 Å². The quantitative estimate of drug-likeness (QED) is 0.297. The van der Waals surface area contributed by atoms with E-state index in [0.717, 1.165) is 23.9 Å². The number of amides is 2. The van der Waals surface area contributed by atoms with E-state index >= 15 is 0 Å². The van der Waals surface area contributed by atoms with E-state index < -0.39 is 13.2 Å². The summed E-state index contributed by atoms with van der Waals surface area (Å²) in [7, 11) is 0.981. The number of urea groups is 1. The topological polar surface area (TPSA) is 87.7 Å². The fourth-order valence-electron chi connectivity index (χ4n) is 4.77. The monoisotopic (exact) mass is 556 g/mol. The van der Waals surface area contributed by atoms with E-state index in [1.165, 1.54) is 0 Å². The molecule has 2 bridgehead atoms. The molecule has 0 aliphatic heterocycles. The first-order chi connectivity index (χ1) is 12.7. The zero-order valence-corrected chi connectivity index (χ0v) is 20.0. The summed E-state index contributed by atoms with van der Waals surface area (Å²) in [6, 6.07) is 8.29. The molecule has 0 radical (unpaired) electrons. The fourth-order valence-corrected chi connectivity index (χ4v) is 4.77. The molecule has 4 unspecified atom stereocenters. The maximum absolute atomic E-state index is 12.5. The van der Waals surface area contributed by atoms with Crippen molar-refractivity contribution < 1.29 is 40.4 Å². The number of carbonyl (C=O) groups is 1. The summed E-state index contributed by atoms with van der Waals surface area (Å²) in [5.41, 5.74) is 1.73. The molecular formula is C20H29BN2O4W. The van der Waals surface area contributed by atoms with Crippen LogP contribution in [0.2, 0.25) is 0 Å². The number of nitrogens with one attached hydrogen (secondary N) is 2. The van der Waals surface area contributed by atoms with Crippen LogP contribution in [0.1, 0.15) is 39.2 Å². The average Bonchev–Trinajstić information content (AvgIpc) is 2.96. The molecule has 152 valence electrons. The van der Waals surface area contributed by atoms with Crippen molar-refractivity contribution in [3.8, 4) is 0 Å². The van der Waals surface area contributed by atoms with Crippen molar-refractivity contribution in [2.24, 2.45) is 16.7 Å². The van der Waals surface area contributed by atoms with Gasteiger partial charge in [0.05, 0.1) is 12.1 Å². The van der Waals surface area contributed by atoms with Gasteiger partial charge in [-0.25, -0.2) is 0 Å². The van der Waals surface area contributed by atoms with Gasteiger partial charge in [0, 0.05) is 12.5 Å². The summed E-state index contributed by atoms with van der Waals surface area (Å²) in [5, 5.41) is 16.6. The van der Waals surface area contributed by atoms with Crippen molar-refractivity contribution in [2.45, 2.75) is 52.7 Å². The van der Waals surface area contributed by atoms with Crippen LogP contribution in [-0.4, -0.2) is 44.2 Å². The summed E-state index contributed by atoms with van der Waals surface area (Å²) in [6.45, 7) is 11.8. The standard InChI is InChI=1S/C19H28BN2O3.CHO.W/c1-12-6-8-13(9-7-12)20(25-5)22-17(24)21-15-14-10-11-19(4,16(15)23)18(14,2)3;1-2;/h6-8,14-16,23H,10-11H2,1-5H3,(H2,21,22,24);1H;/q2*-1;+2. The van der Waals surface area contributed by atoms with E-state index in [0.29, 0.717) is 0 Å². The second-order valence-electron chi connectivity index (χ2n) is 8.31. The molecule has 2 aliphatic rings. The average molecular weight is 556 g/mol. The van der Waals surface area contributed by atoms with Crippen LogP contribution < -0.4 is 16.0 Å². The van der Waals surface area contributed by atoms with Gasteiger partial charge in [-0.2, -0.15) is 29.8 Å². The van der Waals surface area contributed by atoms with Crippen molar-refractivity contribution in [2.75, 3.05) is 7.11 Å². The Balaban J connectivity index is 0.00000127. The fraction of sp³-hybridized carbons (Fsp3) is 0.600. The Morgan fingerprint density at radius 3 is 2.46 bits per heavy atom. The van der Waals surface area contributed by atoms with Crippen molar-refractivity contribution >= 4 is 25.3 Å². The molecule has 28 heavy (non-hydrogen) atoms. The van der Waals surface area contributed by atoms with Gasteiger partial charge in [0.25, 0.3) is 0 Å². The van der Waals surface area contributed by atoms with Gasteiger partial charge < -0.3 is 25.1 Å².